The summed E-state index contributed by atoms with van der Waals surface area (Å²) in [5, 5.41) is 2.57. The molecule has 9 heteroatoms. The molecule has 0 spiro atoms. The van der Waals surface area contributed by atoms with Crippen LogP contribution in [0.1, 0.15) is 43.2 Å². The van der Waals surface area contributed by atoms with E-state index in [0.717, 1.165) is 38.3 Å². The van der Waals surface area contributed by atoms with Crippen molar-refractivity contribution < 1.29 is 18.7 Å². The minimum atomic E-state index is -0.610. The van der Waals surface area contributed by atoms with Crippen LogP contribution in [0, 0.1) is 13.8 Å². The number of hydrogen-bond acceptors (Lipinski definition) is 6. The van der Waals surface area contributed by atoms with Crippen LogP contribution in [0.2, 0.25) is 0 Å². The fourth-order valence-electron chi connectivity index (χ4n) is 4.00. The first-order chi connectivity index (χ1) is 17.4. The topological polar surface area (TPSA) is 68.6 Å². The molecule has 0 aliphatic heterocycles. The molecule has 2 aromatic heterocycles. The lowest BCUT2D eigenvalue weighted by Crippen LogP contribution is -2.32. The fraction of sp³-hybridized carbons (Fsp3) is 0.429. The summed E-state index contributed by atoms with van der Waals surface area (Å²) < 4.78 is 29.7. The number of methoxy groups -OCH3 is 1. The summed E-state index contributed by atoms with van der Waals surface area (Å²) in [5.74, 6) is 0.197. The van der Waals surface area contributed by atoms with Gasteiger partial charge in [0.2, 0.25) is 5.88 Å². The lowest BCUT2D eigenvalue weighted by molar-refractivity contribution is 0.0534. The van der Waals surface area contributed by atoms with Crippen LogP contribution < -0.4 is 10.1 Å². The van der Waals surface area contributed by atoms with Gasteiger partial charge in [-0.3, -0.25) is 4.31 Å². The van der Waals surface area contributed by atoms with Gasteiger partial charge in [-0.05, 0) is 90.5 Å². The normalized spacial score (nSPS) is 12.3. The SMILES string of the molecule is COc1nc2c(Cc3ccc(SN(C)C)cc3)c(C)n(C/C(F)=C/CNC(=O)OC(C)(C)C)c2cc1C. The van der Waals surface area contributed by atoms with Crippen LogP contribution in [0.25, 0.3) is 11.0 Å². The molecular formula is C28H37FN4O3S. The van der Waals surface area contributed by atoms with Crippen molar-refractivity contribution in [2.75, 3.05) is 27.7 Å². The van der Waals surface area contributed by atoms with Crippen molar-refractivity contribution in [3.05, 3.63) is 64.6 Å². The number of aromatic nitrogens is 2. The molecule has 1 aromatic carbocycles. The molecule has 2 heterocycles. The molecule has 1 amide bonds. The molecule has 200 valence electrons. The number of nitrogens with one attached hydrogen (secondary N) is 1. The fourth-order valence-corrected chi connectivity index (χ4v) is 4.68. The van der Waals surface area contributed by atoms with E-state index in [-0.39, 0.29) is 18.9 Å². The molecule has 0 fully saturated rings. The second-order valence-electron chi connectivity index (χ2n) is 10.1. The zero-order chi connectivity index (χ0) is 27.3. The Morgan fingerprint density at radius 1 is 1.22 bits per heavy atom. The molecule has 0 atom stereocenters. The number of hydrogen-bond donors (Lipinski definition) is 1. The van der Waals surface area contributed by atoms with Crippen molar-refractivity contribution >= 4 is 29.1 Å². The molecule has 3 aromatic rings. The third-order valence-corrected chi connectivity index (χ3v) is 6.48. The number of benzene rings is 1. The summed E-state index contributed by atoms with van der Waals surface area (Å²) in [5.41, 5.74) is 5.01. The number of nitrogens with zero attached hydrogens (tertiary/aromatic N) is 3. The van der Waals surface area contributed by atoms with Crippen LogP contribution in [0.5, 0.6) is 5.88 Å². The number of ether oxygens (including phenoxy) is 2. The average molecular weight is 529 g/mol. The van der Waals surface area contributed by atoms with E-state index in [1.807, 2.05) is 38.6 Å². The predicted molar refractivity (Wildman–Crippen MR) is 148 cm³/mol. The van der Waals surface area contributed by atoms with Gasteiger partial charge in [0.15, 0.2) is 0 Å². The first-order valence-corrected chi connectivity index (χ1v) is 12.9. The third kappa shape index (κ3) is 7.72. The first kappa shape index (κ1) is 28.5. The minimum Gasteiger partial charge on any atom is -0.481 e. The van der Waals surface area contributed by atoms with Crippen molar-refractivity contribution in [1.29, 1.82) is 0 Å². The highest BCUT2D eigenvalue weighted by Gasteiger charge is 2.19. The summed E-state index contributed by atoms with van der Waals surface area (Å²) in [4.78, 5) is 17.8. The van der Waals surface area contributed by atoms with Crippen LogP contribution in [0.15, 0.2) is 47.1 Å². The summed E-state index contributed by atoms with van der Waals surface area (Å²) in [6.07, 6.45) is 1.44. The summed E-state index contributed by atoms with van der Waals surface area (Å²) >= 11 is 1.67. The quantitative estimate of drug-likeness (QED) is 0.334. The number of fused-ring (bicyclic) bond motifs is 1. The molecule has 0 aliphatic carbocycles. The lowest BCUT2D eigenvalue weighted by atomic mass is 10.0. The number of rotatable bonds is 9. The second kappa shape index (κ2) is 12.0. The Bertz CT molecular complexity index is 1280. The van der Waals surface area contributed by atoms with Gasteiger partial charge in [0, 0.05) is 34.7 Å². The molecule has 0 saturated carbocycles. The van der Waals surface area contributed by atoms with Crippen molar-refractivity contribution in [1.82, 2.24) is 19.2 Å². The Balaban J connectivity index is 1.89. The van der Waals surface area contributed by atoms with E-state index in [1.54, 1.807) is 39.8 Å². The van der Waals surface area contributed by atoms with Crippen molar-refractivity contribution in [2.45, 2.75) is 58.1 Å². The number of halogens is 1. The molecule has 1 N–H and O–H groups in total. The van der Waals surface area contributed by atoms with Gasteiger partial charge in [0.25, 0.3) is 0 Å². The Kier molecular flexibility index (Phi) is 9.26. The van der Waals surface area contributed by atoms with Crippen molar-refractivity contribution in [3.63, 3.8) is 0 Å². The molecule has 0 unspecified atom stereocenters. The van der Waals surface area contributed by atoms with Crippen molar-refractivity contribution in [2.24, 2.45) is 0 Å². The Hall–Kier alpha value is -3.04. The van der Waals surface area contributed by atoms with Crippen LogP contribution in [-0.2, 0) is 17.7 Å². The highest BCUT2D eigenvalue weighted by Crippen LogP contribution is 2.32. The van der Waals surface area contributed by atoms with E-state index in [1.165, 1.54) is 6.08 Å². The van der Waals surface area contributed by atoms with Gasteiger partial charge in [-0.25, -0.2) is 14.2 Å². The van der Waals surface area contributed by atoms with Gasteiger partial charge < -0.3 is 19.4 Å². The molecule has 0 aliphatic rings. The van der Waals surface area contributed by atoms with Gasteiger partial charge in [0.1, 0.15) is 11.4 Å². The Morgan fingerprint density at radius 3 is 2.49 bits per heavy atom. The number of alkyl carbamates (subject to hydrolysis) is 1. The van der Waals surface area contributed by atoms with Gasteiger partial charge in [-0.2, -0.15) is 0 Å². The summed E-state index contributed by atoms with van der Waals surface area (Å²) in [6.45, 7) is 9.32. The number of pyridine rings is 1. The number of carbonyl (C=O) groups excluding carboxylic acids is 1. The van der Waals surface area contributed by atoms with Crippen LogP contribution >= 0.6 is 11.9 Å². The van der Waals surface area contributed by atoms with Gasteiger partial charge in [-0.1, -0.05) is 12.1 Å². The van der Waals surface area contributed by atoms with Crippen LogP contribution in [0.4, 0.5) is 9.18 Å². The Labute approximate surface area is 223 Å². The summed E-state index contributed by atoms with van der Waals surface area (Å²) in [7, 11) is 5.63. The molecule has 0 bridgehead atoms. The number of carbonyl (C=O) groups is 1. The lowest BCUT2D eigenvalue weighted by Gasteiger charge is -2.19. The monoisotopic (exact) mass is 528 g/mol. The van der Waals surface area contributed by atoms with E-state index in [9.17, 15) is 4.79 Å². The van der Waals surface area contributed by atoms with Crippen LogP contribution in [0.3, 0.4) is 0 Å². The van der Waals surface area contributed by atoms with E-state index < -0.39 is 11.7 Å². The zero-order valence-corrected chi connectivity index (χ0v) is 23.8. The predicted octanol–water partition coefficient (Wildman–Crippen LogP) is 6.20. The third-order valence-electron chi connectivity index (χ3n) is 5.63. The van der Waals surface area contributed by atoms with Gasteiger partial charge >= 0.3 is 6.09 Å². The van der Waals surface area contributed by atoms with E-state index in [0.29, 0.717) is 12.3 Å². The maximum Gasteiger partial charge on any atom is 0.407 e. The maximum atomic E-state index is 15.0. The average Bonchev–Trinajstić information content (AvgIpc) is 3.03. The van der Waals surface area contributed by atoms with Crippen LogP contribution in [-0.4, -0.2) is 53.3 Å². The minimum absolute atomic E-state index is 0.0319. The Morgan fingerprint density at radius 2 is 1.89 bits per heavy atom. The largest absolute Gasteiger partial charge is 0.481 e. The summed E-state index contributed by atoms with van der Waals surface area (Å²) in [6, 6.07) is 10.4. The first-order valence-electron chi connectivity index (χ1n) is 12.2. The zero-order valence-electron chi connectivity index (χ0n) is 22.9. The molecular weight excluding hydrogens is 491 g/mol. The smallest absolute Gasteiger partial charge is 0.407 e. The molecule has 3 rings (SSSR count). The van der Waals surface area contributed by atoms with E-state index in [2.05, 4.69) is 33.9 Å². The van der Waals surface area contributed by atoms with Crippen molar-refractivity contribution in [3.8, 4) is 5.88 Å². The number of amides is 1. The van der Waals surface area contributed by atoms with Gasteiger partial charge in [0.05, 0.1) is 24.7 Å². The molecule has 37 heavy (non-hydrogen) atoms. The van der Waals surface area contributed by atoms with Gasteiger partial charge in [-0.15, -0.1) is 0 Å². The maximum absolute atomic E-state index is 15.0. The molecule has 0 radical (unpaired) electrons. The van der Waals surface area contributed by atoms with E-state index >= 15 is 4.39 Å². The highest BCUT2D eigenvalue weighted by atomic mass is 32.2. The number of allylic oxidation sites excluding steroid dienone is 1. The highest BCUT2D eigenvalue weighted by molar-refractivity contribution is 7.97. The molecule has 0 saturated heterocycles. The second-order valence-corrected chi connectivity index (χ2v) is 11.5. The number of aryl methyl sites for hydroxylation is 1. The standard InChI is InChI=1S/C28H37FN4O3S/c1-18-15-24-25(31-26(18)35-8)23(16-20-9-11-22(12-10-20)37-32(6)7)19(2)33(24)17-21(29)13-14-30-27(34)36-28(3,4)5/h9-13,15H,14,16-17H2,1-8H3,(H,30,34)/b21-13-. The molecule has 7 nitrogen and oxygen atoms in total. The van der Waals surface area contributed by atoms with E-state index in [4.69, 9.17) is 14.5 Å².